The maximum Gasteiger partial charge on any atom is 0.416 e. The molecule has 0 spiro atoms. The molecule has 20 heavy (non-hydrogen) atoms. The van der Waals surface area contributed by atoms with Crippen LogP contribution < -0.4 is 5.32 Å². The molecule has 0 fully saturated rings. The van der Waals surface area contributed by atoms with Crippen molar-refractivity contribution in [3.63, 3.8) is 0 Å². The molecule has 0 radical (unpaired) electrons. The highest BCUT2D eigenvalue weighted by molar-refractivity contribution is 7.98. The fraction of sp³-hybridized carbons (Fsp3) is 0.500. The Morgan fingerprint density at radius 2 is 2.05 bits per heavy atom. The van der Waals surface area contributed by atoms with Crippen molar-refractivity contribution in [3.05, 3.63) is 23.7 Å². The first-order chi connectivity index (χ1) is 9.20. The first kappa shape index (κ1) is 16.8. The van der Waals surface area contributed by atoms with E-state index in [0.29, 0.717) is 0 Å². The molecule has 4 nitrogen and oxygen atoms in total. The smallest absolute Gasteiger partial charge is 0.416 e. The van der Waals surface area contributed by atoms with E-state index in [-0.39, 0.29) is 29.0 Å². The lowest BCUT2D eigenvalue weighted by molar-refractivity contribution is -0.201. The van der Waals surface area contributed by atoms with Gasteiger partial charge in [0.05, 0.1) is 12.3 Å². The second-order valence-corrected chi connectivity index (χ2v) is 4.58. The zero-order valence-corrected chi connectivity index (χ0v) is 10.6. The van der Waals surface area contributed by atoms with Gasteiger partial charge in [0.25, 0.3) is 11.7 Å². The minimum atomic E-state index is -4.84. The van der Waals surface area contributed by atoms with Crippen LogP contribution in [0.4, 0.5) is 22.0 Å². The van der Waals surface area contributed by atoms with Gasteiger partial charge in [0.15, 0.2) is 11.9 Å². The number of aliphatic hydroxyl groups excluding tert-OH is 1. The van der Waals surface area contributed by atoms with E-state index in [2.05, 4.69) is 0 Å². The monoisotopic (exact) mass is 319 g/mol. The van der Waals surface area contributed by atoms with Gasteiger partial charge in [-0.05, 0) is 12.1 Å². The van der Waals surface area contributed by atoms with Crippen LogP contribution in [-0.2, 0) is 5.75 Å². The number of hydrogen-bond acceptors (Lipinski definition) is 4. The molecule has 0 saturated heterocycles. The summed E-state index contributed by atoms with van der Waals surface area (Å²) in [6.45, 7) is -1.02. The van der Waals surface area contributed by atoms with E-state index in [1.165, 1.54) is 6.07 Å². The molecule has 2 N–H and O–H groups in total. The number of thioether (sulfide) groups is 1. The number of hydrogen-bond donors (Lipinski definition) is 2. The number of furan rings is 1. The van der Waals surface area contributed by atoms with Crippen molar-refractivity contribution in [2.45, 2.75) is 23.8 Å². The topological polar surface area (TPSA) is 62.5 Å². The Balaban J connectivity index is 2.48. The van der Waals surface area contributed by atoms with Crippen LogP contribution in [0, 0.1) is 0 Å². The molecule has 10 heteroatoms. The minimum Gasteiger partial charge on any atom is -0.455 e. The maximum absolute atomic E-state index is 12.0. The van der Waals surface area contributed by atoms with Crippen molar-refractivity contribution >= 4 is 17.7 Å². The van der Waals surface area contributed by atoms with E-state index in [1.807, 2.05) is 5.32 Å². The number of carbonyl (C=O) groups excluding carboxylic acids is 1. The van der Waals surface area contributed by atoms with Gasteiger partial charge < -0.3 is 14.8 Å². The first-order valence-electron chi connectivity index (χ1n) is 5.21. The number of aliphatic hydroxyl groups is 1. The Hall–Kier alpha value is -1.29. The quantitative estimate of drug-likeness (QED) is 0.790. The molecule has 1 amide bonds. The normalized spacial score (nSPS) is 13.6. The standard InChI is InChI=1S/C10H10F5NO3S/c11-9(12)20-4-5-1-2-6(19-5)8(18)16-3-7(17)10(13,14)15/h1-2,7,9,17H,3-4H2,(H,16,18). The summed E-state index contributed by atoms with van der Waals surface area (Å²) in [7, 11) is 0. The van der Waals surface area contributed by atoms with E-state index in [1.54, 1.807) is 0 Å². The number of rotatable bonds is 6. The number of amides is 1. The van der Waals surface area contributed by atoms with Gasteiger partial charge in [-0.15, -0.1) is 0 Å². The molecule has 1 aromatic heterocycles. The Morgan fingerprint density at radius 3 is 2.60 bits per heavy atom. The van der Waals surface area contributed by atoms with Crippen LogP contribution in [0.1, 0.15) is 16.3 Å². The van der Waals surface area contributed by atoms with Gasteiger partial charge in [-0.1, -0.05) is 11.8 Å². The summed E-state index contributed by atoms with van der Waals surface area (Å²) < 4.78 is 64.7. The summed E-state index contributed by atoms with van der Waals surface area (Å²) in [6.07, 6.45) is -7.52. The number of carbonyl (C=O) groups is 1. The Kier molecular flexibility index (Phi) is 5.81. The van der Waals surface area contributed by atoms with Crippen molar-refractivity contribution in [1.82, 2.24) is 5.32 Å². The molecule has 0 aromatic carbocycles. The summed E-state index contributed by atoms with van der Waals surface area (Å²) in [5.74, 6) is -3.96. The highest BCUT2D eigenvalue weighted by Gasteiger charge is 2.38. The van der Waals surface area contributed by atoms with Crippen molar-refractivity contribution in [2.75, 3.05) is 6.54 Å². The summed E-state index contributed by atoms with van der Waals surface area (Å²) >= 11 is 0.283. The Morgan fingerprint density at radius 1 is 1.40 bits per heavy atom. The summed E-state index contributed by atoms with van der Waals surface area (Å²) in [4.78, 5) is 11.4. The van der Waals surface area contributed by atoms with E-state index in [0.717, 1.165) is 6.07 Å². The SMILES string of the molecule is O=C(NCC(O)C(F)(F)F)c1ccc(CSC(F)F)o1. The molecule has 114 valence electrons. The fourth-order valence-electron chi connectivity index (χ4n) is 1.11. The fourth-order valence-corrected chi connectivity index (χ4v) is 1.56. The molecule has 0 bridgehead atoms. The zero-order chi connectivity index (χ0) is 15.3. The molecular formula is C10H10F5NO3S. The van der Waals surface area contributed by atoms with Gasteiger partial charge in [0.1, 0.15) is 5.76 Å². The van der Waals surface area contributed by atoms with Crippen LogP contribution in [0.3, 0.4) is 0 Å². The van der Waals surface area contributed by atoms with Gasteiger partial charge in [-0.25, -0.2) is 0 Å². The summed E-state index contributed by atoms with van der Waals surface area (Å²) in [6, 6.07) is 2.42. The second kappa shape index (κ2) is 6.93. The lowest BCUT2D eigenvalue weighted by Crippen LogP contribution is -2.40. The zero-order valence-electron chi connectivity index (χ0n) is 9.79. The molecule has 1 heterocycles. The lowest BCUT2D eigenvalue weighted by atomic mass is 10.3. The number of alkyl halides is 5. The van der Waals surface area contributed by atoms with Crippen molar-refractivity contribution in [2.24, 2.45) is 0 Å². The third kappa shape index (κ3) is 5.37. The predicted molar refractivity (Wildman–Crippen MR) is 60.4 cm³/mol. The molecule has 0 saturated carbocycles. The van der Waals surface area contributed by atoms with Crippen molar-refractivity contribution < 1.29 is 36.3 Å². The van der Waals surface area contributed by atoms with Crippen molar-refractivity contribution in [3.8, 4) is 0 Å². The second-order valence-electron chi connectivity index (χ2n) is 3.61. The van der Waals surface area contributed by atoms with Crippen LogP contribution in [0.2, 0.25) is 0 Å². The van der Waals surface area contributed by atoms with E-state index in [4.69, 9.17) is 9.52 Å². The third-order valence-electron chi connectivity index (χ3n) is 2.07. The van der Waals surface area contributed by atoms with Gasteiger partial charge >= 0.3 is 6.18 Å². The highest BCUT2D eigenvalue weighted by atomic mass is 32.2. The minimum absolute atomic E-state index is 0.0943. The summed E-state index contributed by atoms with van der Waals surface area (Å²) in [5, 5.41) is 10.5. The van der Waals surface area contributed by atoms with Crippen LogP contribution in [0.25, 0.3) is 0 Å². The van der Waals surface area contributed by atoms with Crippen LogP contribution in [0.15, 0.2) is 16.5 Å². The van der Waals surface area contributed by atoms with Gasteiger partial charge in [0, 0.05) is 0 Å². The van der Waals surface area contributed by atoms with E-state index >= 15 is 0 Å². The number of halogens is 5. The van der Waals surface area contributed by atoms with Gasteiger partial charge in [0.2, 0.25) is 0 Å². The lowest BCUT2D eigenvalue weighted by Gasteiger charge is -2.14. The molecule has 1 atom stereocenters. The number of nitrogens with one attached hydrogen (secondary N) is 1. The van der Waals surface area contributed by atoms with Crippen molar-refractivity contribution in [1.29, 1.82) is 0 Å². The molecule has 0 aliphatic rings. The van der Waals surface area contributed by atoms with E-state index < -0.39 is 30.5 Å². The molecule has 1 unspecified atom stereocenters. The highest BCUT2D eigenvalue weighted by Crippen LogP contribution is 2.21. The maximum atomic E-state index is 12.0. The third-order valence-corrected chi connectivity index (χ3v) is 2.77. The van der Waals surface area contributed by atoms with Crippen LogP contribution in [0.5, 0.6) is 0 Å². The van der Waals surface area contributed by atoms with Crippen LogP contribution in [-0.4, -0.2) is 35.6 Å². The average molecular weight is 319 g/mol. The molecule has 0 aliphatic heterocycles. The molecule has 0 aliphatic carbocycles. The van der Waals surface area contributed by atoms with Crippen LogP contribution >= 0.6 is 11.8 Å². The molecular weight excluding hydrogens is 309 g/mol. The van der Waals surface area contributed by atoms with Gasteiger partial charge in [-0.3, -0.25) is 4.79 Å². The first-order valence-corrected chi connectivity index (χ1v) is 6.26. The molecule has 1 rings (SSSR count). The predicted octanol–water partition coefficient (Wildman–Crippen LogP) is 2.39. The Bertz CT molecular complexity index is 448. The van der Waals surface area contributed by atoms with E-state index in [9.17, 15) is 26.7 Å². The summed E-state index contributed by atoms with van der Waals surface area (Å²) in [5.41, 5.74) is 0. The molecule has 1 aromatic rings. The van der Waals surface area contributed by atoms with Gasteiger partial charge in [-0.2, -0.15) is 22.0 Å². The Labute approximate surface area is 114 Å². The largest absolute Gasteiger partial charge is 0.455 e. The average Bonchev–Trinajstić information content (AvgIpc) is 2.80.